The van der Waals surface area contributed by atoms with Gasteiger partial charge in [-0.2, -0.15) is 0 Å². The second-order valence-electron chi connectivity index (χ2n) is 4.74. The van der Waals surface area contributed by atoms with E-state index in [1.165, 1.54) is 14.2 Å². The van der Waals surface area contributed by atoms with E-state index in [9.17, 15) is 9.59 Å². The lowest BCUT2D eigenvalue weighted by atomic mass is 9.78. The maximum atomic E-state index is 11.4. The predicted molar refractivity (Wildman–Crippen MR) is 65.5 cm³/mol. The molecule has 17 heavy (non-hydrogen) atoms. The number of rotatable bonds is 8. The Kier molecular flexibility index (Phi) is 7.59. The molecule has 0 aromatic carbocycles. The van der Waals surface area contributed by atoms with E-state index in [2.05, 4.69) is 11.7 Å². The van der Waals surface area contributed by atoms with Crippen molar-refractivity contribution in [3.05, 3.63) is 0 Å². The number of methoxy groups -OCH3 is 2. The van der Waals surface area contributed by atoms with Crippen LogP contribution in [-0.2, 0) is 19.1 Å². The topological polar surface area (TPSA) is 52.6 Å². The Hall–Kier alpha value is -1.06. The number of carbonyl (C=O) groups excluding carboxylic acids is 2. The molecule has 0 saturated carbocycles. The number of esters is 2. The van der Waals surface area contributed by atoms with Crippen LogP contribution in [0, 0.1) is 5.41 Å². The minimum Gasteiger partial charge on any atom is -0.469 e. The molecule has 0 spiro atoms. The largest absolute Gasteiger partial charge is 0.469 e. The Morgan fingerprint density at radius 2 is 1.65 bits per heavy atom. The van der Waals surface area contributed by atoms with Gasteiger partial charge in [0.1, 0.15) is 0 Å². The third-order valence-corrected chi connectivity index (χ3v) is 3.09. The highest BCUT2D eigenvalue weighted by atomic mass is 16.5. The maximum absolute atomic E-state index is 11.4. The minimum absolute atomic E-state index is 0.169. The van der Waals surface area contributed by atoms with Crippen molar-refractivity contribution in [2.24, 2.45) is 5.41 Å². The van der Waals surface area contributed by atoms with Gasteiger partial charge in [0.05, 0.1) is 20.6 Å². The van der Waals surface area contributed by atoms with E-state index in [1.807, 2.05) is 6.92 Å². The summed E-state index contributed by atoms with van der Waals surface area (Å²) < 4.78 is 9.33. The molecular formula is C13H24O4. The quantitative estimate of drug-likeness (QED) is 0.616. The Labute approximate surface area is 104 Å². The summed E-state index contributed by atoms with van der Waals surface area (Å²) in [6.45, 7) is 4.14. The van der Waals surface area contributed by atoms with Crippen LogP contribution in [0.15, 0.2) is 0 Å². The molecule has 4 heteroatoms. The molecular weight excluding hydrogens is 220 g/mol. The van der Waals surface area contributed by atoms with Crippen molar-refractivity contribution < 1.29 is 19.1 Å². The van der Waals surface area contributed by atoms with Crippen LogP contribution >= 0.6 is 0 Å². The fourth-order valence-corrected chi connectivity index (χ4v) is 1.83. The molecule has 0 aliphatic rings. The molecule has 0 saturated heterocycles. The number of carbonyl (C=O) groups is 2. The summed E-state index contributed by atoms with van der Waals surface area (Å²) in [6, 6.07) is 0. The van der Waals surface area contributed by atoms with E-state index in [1.54, 1.807) is 0 Å². The third kappa shape index (κ3) is 6.97. The van der Waals surface area contributed by atoms with Gasteiger partial charge in [0.15, 0.2) is 0 Å². The number of hydrogen-bond donors (Lipinski definition) is 0. The van der Waals surface area contributed by atoms with E-state index in [-0.39, 0.29) is 17.4 Å². The lowest BCUT2D eigenvalue weighted by molar-refractivity contribution is -0.145. The van der Waals surface area contributed by atoms with E-state index < -0.39 is 0 Å². The molecule has 4 nitrogen and oxygen atoms in total. The van der Waals surface area contributed by atoms with Crippen LogP contribution in [0.1, 0.15) is 52.4 Å². The molecule has 0 heterocycles. The first-order valence-electron chi connectivity index (χ1n) is 6.11. The van der Waals surface area contributed by atoms with E-state index in [0.29, 0.717) is 19.3 Å². The second kappa shape index (κ2) is 8.09. The van der Waals surface area contributed by atoms with Crippen LogP contribution in [0.5, 0.6) is 0 Å². The van der Waals surface area contributed by atoms with Gasteiger partial charge in [0.25, 0.3) is 0 Å². The van der Waals surface area contributed by atoms with Crippen LogP contribution in [0.4, 0.5) is 0 Å². The highest BCUT2D eigenvalue weighted by Gasteiger charge is 2.28. The zero-order valence-electron chi connectivity index (χ0n) is 11.4. The highest BCUT2D eigenvalue weighted by Crippen LogP contribution is 2.34. The Morgan fingerprint density at radius 1 is 1.06 bits per heavy atom. The van der Waals surface area contributed by atoms with Crippen LogP contribution in [0.3, 0.4) is 0 Å². The van der Waals surface area contributed by atoms with Gasteiger partial charge in [-0.15, -0.1) is 0 Å². The average molecular weight is 244 g/mol. The summed E-state index contributed by atoms with van der Waals surface area (Å²) in [6.07, 6.45) is 4.43. The summed E-state index contributed by atoms with van der Waals surface area (Å²) >= 11 is 0. The van der Waals surface area contributed by atoms with Crippen LogP contribution < -0.4 is 0 Å². The van der Waals surface area contributed by atoms with Gasteiger partial charge in [-0.05, 0) is 18.3 Å². The van der Waals surface area contributed by atoms with Crippen molar-refractivity contribution in [1.82, 2.24) is 0 Å². The van der Waals surface area contributed by atoms with Crippen molar-refractivity contribution in [2.75, 3.05) is 14.2 Å². The smallest absolute Gasteiger partial charge is 0.306 e. The molecule has 0 amide bonds. The molecule has 0 unspecified atom stereocenters. The fourth-order valence-electron chi connectivity index (χ4n) is 1.83. The highest BCUT2D eigenvalue weighted by molar-refractivity contribution is 5.71. The zero-order valence-corrected chi connectivity index (χ0v) is 11.4. The van der Waals surface area contributed by atoms with Crippen molar-refractivity contribution in [3.63, 3.8) is 0 Å². The first kappa shape index (κ1) is 15.9. The third-order valence-electron chi connectivity index (χ3n) is 3.09. The minimum atomic E-state index is -0.224. The zero-order chi connectivity index (χ0) is 13.3. The Bertz CT molecular complexity index is 250. The monoisotopic (exact) mass is 244 g/mol. The standard InChI is InChI=1S/C13H24O4/c1-5-6-8-13(2,10-12(15)17-4)9-7-11(14)16-3/h5-10H2,1-4H3/t13-/m0/s1. The average Bonchev–Trinajstić information content (AvgIpc) is 2.33. The lowest BCUT2D eigenvalue weighted by Gasteiger charge is -2.28. The SMILES string of the molecule is CCCC[C@@](C)(CCC(=O)OC)CC(=O)OC. The van der Waals surface area contributed by atoms with Gasteiger partial charge < -0.3 is 9.47 Å². The van der Waals surface area contributed by atoms with Crippen molar-refractivity contribution in [3.8, 4) is 0 Å². The number of hydrogen-bond acceptors (Lipinski definition) is 4. The number of ether oxygens (including phenoxy) is 2. The molecule has 0 aromatic heterocycles. The molecule has 0 fully saturated rings. The van der Waals surface area contributed by atoms with Gasteiger partial charge in [-0.25, -0.2) is 0 Å². The summed E-state index contributed by atoms with van der Waals surface area (Å²) in [7, 11) is 2.77. The van der Waals surface area contributed by atoms with Gasteiger partial charge in [0, 0.05) is 6.42 Å². The van der Waals surface area contributed by atoms with E-state index in [4.69, 9.17) is 4.74 Å². The van der Waals surface area contributed by atoms with E-state index in [0.717, 1.165) is 19.3 Å². The van der Waals surface area contributed by atoms with Crippen molar-refractivity contribution in [1.29, 1.82) is 0 Å². The fraction of sp³-hybridized carbons (Fsp3) is 0.846. The van der Waals surface area contributed by atoms with Gasteiger partial charge in [-0.1, -0.05) is 26.7 Å². The lowest BCUT2D eigenvalue weighted by Crippen LogP contribution is -2.23. The first-order valence-corrected chi connectivity index (χ1v) is 6.11. The molecule has 0 aromatic rings. The summed E-state index contributed by atoms with van der Waals surface area (Å²) in [4.78, 5) is 22.5. The molecule has 0 radical (unpaired) electrons. The maximum Gasteiger partial charge on any atom is 0.306 e. The van der Waals surface area contributed by atoms with Gasteiger partial charge in [-0.3, -0.25) is 9.59 Å². The van der Waals surface area contributed by atoms with E-state index >= 15 is 0 Å². The molecule has 100 valence electrons. The summed E-state index contributed by atoms with van der Waals surface area (Å²) in [5.74, 6) is -0.439. The summed E-state index contributed by atoms with van der Waals surface area (Å²) in [5.41, 5.74) is -0.169. The molecule has 0 rings (SSSR count). The van der Waals surface area contributed by atoms with Gasteiger partial charge in [0.2, 0.25) is 0 Å². The van der Waals surface area contributed by atoms with Crippen molar-refractivity contribution in [2.45, 2.75) is 52.4 Å². The van der Waals surface area contributed by atoms with Crippen LogP contribution in [0.25, 0.3) is 0 Å². The molecule has 0 aliphatic heterocycles. The first-order chi connectivity index (χ1) is 7.97. The summed E-state index contributed by atoms with van der Waals surface area (Å²) in [5, 5.41) is 0. The Morgan fingerprint density at radius 3 is 2.12 bits per heavy atom. The van der Waals surface area contributed by atoms with Gasteiger partial charge >= 0.3 is 11.9 Å². The van der Waals surface area contributed by atoms with Crippen LogP contribution in [-0.4, -0.2) is 26.2 Å². The second-order valence-corrected chi connectivity index (χ2v) is 4.74. The molecule has 0 aliphatic carbocycles. The predicted octanol–water partition coefficient (Wildman–Crippen LogP) is 2.70. The normalized spacial score (nSPS) is 13.9. The Balaban J connectivity index is 4.37. The van der Waals surface area contributed by atoms with Crippen molar-refractivity contribution >= 4 is 11.9 Å². The molecule has 1 atom stereocenters. The number of unbranched alkanes of at least 4 members (excludes halogenated alkanes) is 1. The van der Waals surface area contributed by atoms with Crippen LogP contribution in [0.2, 0.25) is 0 Å². The molecule has 0 N–H and O–H groups in total. The molecule has 0 bridgehead atoms.